The molecule has 0 saturated heterocycles. The van der Waals surface area contributed by atoms with E-state index in [1.54, 1.807) is 10.9 Å². The number of thioether (sulfide) groups is 1. The smallest absolute Gasteiger partial charge is 0.327 e. The van der Waals surface area contributed by atoms with Crippen molar-refractivity contribution in [2.75, 3.05) is 5.75 Å². The lowest BCUT2D eigenvalue weighted by atomic mass is 10.3. The highest BCUT2D eigenvalue weighted by Crippen LogP contribution is 2.12. The van der Waals surface area contributed by atoms with Crippen molar-refractivity contribution in [2.24, 2.45) is 7.05 Å². The Morgan fingerprint density at radius 2 is 2.35 bits per heavy atom. The molecule has 1 unspecified atom stereocenters. The molecule has 0 radical (unpaired) electrons. The zero-order chi connectivity index (χ0) is 12.8. The van der Waals surface area contributed by atoms with Gasteiger partial charge in [0, 0.05) is 31.7 Å². The number of rotatable bonds is 6. The zero-order valence-corrected chi connectivity index (χ0v) is 10.5. The number of aromatic nitrogens is 2. The van der Waals surface area contributed by atoms with Crippen molar-refractivity contribution in [1.29, 1.82) is 0 Å². The van der Waals surface area contributed by atoms with Crippen LogP contribution in [0.5, 0.6) is 0 Å². The molecule has 1 aromatic rings. The van der Waals surface area contributed by atoms with E-state index in [0.717, 1.165) is 5.56 Å². The molecule has 1 aromatic heterocycles. The number of carbonyl (C=O) groups excluding carboxylic acids is 1. The van der Waals surface area contributed by atoms with Gasteiger partial charge in [0.1, 0.15) is 6.04 Å². The monoisotopic (exact) mass is 257 g/mol. The van der Waals surface area contributed by atoms with Gasteiger partial charge in [-0.2, -0.15) is 16.9 Å². The SMILES string of the molecule is CC(=O)NC(CSCc1cnn(C)c1)C(=O)O. The number of nitrogens with one attached hydrogen (secondary N) is 1. The van der Waals surface area contributed by atoms with Crippen LogP contribution in [0.25, 0.3) is 0 Å². The van der Waals surface area contributed by atoms with Gasteiger partial charge in [-0.3, -0.25) is 9.48 Å². The van der Waals surface area contributed by atoms with Gasteiger partial charge < -0.3 is 10.4 Å². The fraction of sp³-hybridized carbons (Fsp3) is 0.500. The number of carbonyl (C=O) groups is 2. The molecule has 0 aliphatic carbocycles. The van der Waals surface area contributed by atoms with E-state index in [2.05, 4.69) is 10.4 Å². The van der Waals surface area contributed by atoms with Crippen LogP contribution < -0.4 is 5.32 Å². The molecule has 6 nitrogen and oxygen atoms in total. The highest BCUT2D eigenvalue weighted by molar-refractivity contribution is 7.98. The minimum Gasteiger partial charge on any atom is -0.480 e. The first-order valence-corrected chi connectivity index (χ1v) is 6.19. The number of hydrogen-bond donors (Lipinski definition) is 2. The normalized spacial score (nSPS) is 12.1. The van der Waals surface area contributed by atoms with Gasteiger partial charge in [-0.1, -0.05) is 0 Å². The summed E-state index contributed by atoms with van der Waals surface area (Å²) in [6.07, 6.45) is 3.61. The van der Waals surface area contributed by atoms with Crippen LogP contribution in [-0.2, 0) is 22.4 Å². The predicted molar refractivity (Wildman–Crippen MR) is 64.6 cm³/mol. The maximum atomic E-state index is 10.8. The van der Waals surface area contributed by atoms with E-state index < -0.39 is 12.0 Å². The summed E-state index contributed by atoms with van der Waals surface area (Å²) < 4.78 is 1.69. The first kappa shape index (κ1) is 13.6. The van der Waals surface area contributed by atoms with Crippen LogP contribution in [0.2, 0.25) is 0 Å². The maximum Gasteiger partial charge on any atom is 0.327 e. The van der Waals surface area contributed by atoms with Crippen LogP contribution in [-0.4, -0.2) is 38.6 Å². The number of carboxylic acids is 1. The minimum absolute atomic E-state index is 0.334. The fourth-order valence-electron chi connectivity index (χ4n) is 1.26. The topological polar surface area (TPSA) is 84.2 Å². The van der Waals surface area contributed by atoms with Gasteiger partial charge in [-0.25, -0.2) is 4.79 Å². The van der Waals surface area contributed by atoms with Crippen molar-refractivity contribution >= 4 is 23.6 Å². The van der Waals surface area contributed by atoms with Gasteiger partial charge >= 0.3 is 5.97 Å². The van der Waals surface area contributed by atoms with Crippen LogP contribution in [0.3, 0.4) is 0 Å². The molecule has 0 aliphatic heterocycles. The fourth-order valence-corrected chi connectivity index (χ4v) is 2.23. The molecule has 0 aliphatic rings. The largest absolute Gasteiger partial charge is 0.480 e. The van der Waals surface area contributed by atoms with Crippen LogP contribution >= 0.6 is 11.8 Å². The van der Waals surface area contributed by atoms with Crippen LogP contribution in [0.4, 0.5) is 0 Å². The summed E-state index contributed by atoms with van der Waals surface area (Å²) in [4.78, 5) is 21.6. The summed E-state index contributed by atoms with van der Waals surface area (Å²) in [5.41, 5.74) is 1.03. The summed E-state index contributed by atoms with van der Waals surface area (Å²) in [5.74, 6) is -0.334. The first-order valence-electron chi connectivity index (χ1n) is 5.04. The zero-order valence-electron chi connectivity index (χ0n) is 9.71. The van der Waals surface area contributed by atoms with E-state index in [9.17, 15) is 9.59 Å². The highest BCUT2D eigenvalue weighted by atomic mass is 32.2. The van der Waals surface area contributed by atoms with E-state index in [1.165, 1.54) is 18.7 Å². The lowest BCUT2D eigenvalue weighted by molar-refractivity contribution is -0.140. The van der Waals surface area contributed by atoms with E-state index in [4.69, 9.17) is 5.11 Å². The summed E-state index contributed by atoms with van der Waals surface area (Å²) >= 11 is 1.45. The molecule has 0 fully saturated rings. The van der Waals surface area contributed by atoms with Crippen molar-refractivity contribution in [2.45, 2.75) is 18.7 Å². The molecule has 17 heavy (non-hydrogen) atoms. The molecule has 94 valence electrons. The quantitative estimate of drug-likeness (QED) is 0.762. The Kier molecular flexibility index (Phi) is 5.02. The van der Waals surface area contributed by atoms with Crippen molar-refractivity contribution in [3.05, 3.63) is 18.0 Å². The Bertz CT molecular complexity index is 405. The lowest BCUT2D eigenvalue weighted by Crippen LogP contribution is -2.41. The Hall–Kier alpha value is -1.50. The third-order valence-corrected chi connectivity index (χ3v) is 3.09. The number of amides is 1. The molecule has 1 rings (SSSR count). The maximum absolute atomic E-state index is 10.8. The third-order valence-electron chi connectivity index (χ3n) is 1.99. The Morgan fingerprint density at radius 1 is 1.65 bits per heavy atom. The van der Waals surface area contributed by atoms with E-state index >= 15 is 0 Å². The van der Waals surface area contributed by atoms with Crippen LogP contribution in [0, 0.1) is 0 Å². The van der Waals surface area contributed by atoms with Gasteiger partial charge in [0.2, 0.25) is 5.91 Å². The minimum atomic E-state index is -1.01. The van der Waals surface area contributed by atoms with Gasteiger partial charge in [0.05, 0.1) is 6.20 Å². The second kappa shape index (κ2) is 6.29. The molecule has 2 N–H and O–H groups in total. The van der Waals surface area contributed by atoms with Crippen molar-refractivity contribution in [3.8, 4) is 0 Å². The van der Waals surface area contributed by atoms with Gasteiger partial charge in [0.15, 0.2) is 0 Å². The summed E-state index contributed by atoms with van der Waals surface area (Å²) in [5, 5.41) is 15.3. The molecule has 1 heterocycles. The van der Waals surface area contributed by atoms with E-state index in [1.807, 2.05) is 13.2 Å². The molecule has 0 aromatic carbocycles. The molecule has 1 atom stereocenters. The summed E-state index contributed by atoms with van der Waals surface area (Å²) in [7, 11) is 1.82. The average molecular weight is 257 g/mol. The molecule has 1 amide bonds. The predicted octanol–water partition coefficient (Wildman–Crippen LogP) is 0.243. The standard InChI is InChI=1S/C10H15N3O3S/c1-7(14)12-9(10(15)16)6-17-5-8-3-11-13(2)4-8/h3-4,9H,5-6H2,1-2H3,(H,12,14)(H,15,16). The highest BCUT2D eigenvalue weighted by Gasteiger charge is 2.17. The van der Waals surface area contributed by atoms with Crippen LogP contribution in [0.15, 0.2) is 12.4 Å². The molecule has 0 spiro atoms. The number of hydrogen-bond acceptors (Lipinski definition) is 4. The van der Waals surface area contributed by atoms with Crippen molar-refractivity contribution in [1.82, 2.24) is 15.1 Å². The second-order valence-electron chi connectivity index (χ2n) is 3.63. The summed E-state index contributed by atoms with van der Waals surface area (Å²) in [6, 6.07) is -0.839. The number of aryl methyl sites for hydroxylation is 1. The van der Waals surface area contributed by atoms with Crippen molar-refractivity contribution in [3.63, 3.8) is 0 Å². The molecular weight excluding hydrogens is 242 g/mol. The average Bonchev–Trinajstić information content (AvgIpc) is 2.62. The van der Waals surface area contributed by atoms with Crippen molar-refractivity contribution < 1.29 is 14.7 Å². The molecule has 0 bridgehead atoms. The van der Waals surface area contributed by atoms with Crippen LogP contribution in [0.1, 0.15) is 12.5 Å². The number of aliphatic carboxylic acids is 1. The Labute approximate surface area is 103 Å². The third kappa shape index (κ3) is 4.90. The van der Waals surface area contributed by atoms with Gasteiger partial charge in [-0.05, 0) is 5.56 Å². The molecule has 7 heteroatoms. The number of carboxylic acid groups (broad SMARTS) is 1. The first-order chi connectivity index (χ1) is 7.99. The molecular formula is C10H15N3O3S. The van der Waals surface area contributed by atoms with E-state index in [-0.39, 0.29) is 5.91 Å². The Balaban J connectivity index is 2.37. The lowest BCUT2D eigenvalue weighted by Gasteiger charge is -2.12. The van der Waals surface area contributed by atoms with Gasteiger partial charge in [-0.15, -0.1) is 0 Å². The second-order valence-corrected chi connectivity index (χ2v) is 4.66. The van der Waals surface area contributed by atoms with Gasteiger partial charge in [0.25, 0.3) is 0 Å². The summed E-state index contributed by atoms with van der Waals surface area (Å²) in [6.45, 7) is 1.31. The number of nitrogens with zero attached hydrogens (tertiary/aromatic N) is 2. The van der Waals surface area contributed by atoms with E-state index in [0.29, 0.717) is 11.5 Å². The Morgan fingerprint density at radius 3 is 2.82 bits per heavy atom. The molecule has 0 saturated carbocycles.